The van der Waals surface area contributed by atoms with Crippen LogP contribution in [-0.4, -0.2) is 7.05 Å². The molecule has 0 heterocycles. The molecule has 2 nitrogen and oxygen atoms in total. The van der Waals surface area contributed by atoms with E-state index in [1.54, 1.807) is 6.08 Å². The molecule has 0 aromatic heterocycles. The first-order valence-corrected chi connectivity index (χ1v) is 22.1. The van der Waals surface area contributed by atoms with Crippen molar-refractivity contribution in [2.75, 3.05) is 7.05 Å². The van der Waals surface area contributed by atoms with Gasteiger partial charge in [0.2, 0.25) is 0 Å². The molecule has 0 saturated carbocycles. The van der Waals surface area contributed by atoms with Gasteiger partial charge in [-0.15, -0.1) is 6.58 Å². The van der Waals surface area contributed by atoms with E-state index in [-0.39, 0.29) is 0 Å². The van der Waals surface area contributed by atoms with Gasteiger partial charge in [0.15, 0.2) is 0 Å². The third-order valence-electron chi connectivity index (χ3n) is 9.08. The largest absolute Gasteiger partial charge is 0.399 e. The van der Waals surface area contributed by atoms with Gasteiger partial charge in [-0.05, 0) is 103 Å². The zero-order valence-corrected chi connectivity index (χ0v) is 39.2. The summed E-state index contributed by atoms with van der Waals surface area (Å²) in [7, 11) is 1.50. The summed E-state index contributed by atoms with van der Waals surface area (Å²) >= 11 is 0. The Kier molecular flexibility index (Phi) is 27.6. The first kappa shape index (κ1) is 52.9. The Balaban J connectivity index is 0.000000286. The van der Waals surface area contributed by atoms with Crippen LogP contribution in [0, 0.1) is 13.8 Å². The topological polar surface area (TPSA) is 52.0 Å². The fourth-order valence-corrected chi connectivity index (χ4v) is 6.11. The smallest absolute Gasteiger partial charge is 0.0313 e. The van der Waals surface area contributed by atoms with Gasteiger partial charge in [0.25, 0.3) is 0 Å². The third-order valence-corrected chi connectivity index (χ3v) is 9.08. The van der Waals surface area contributed by atoms with Crippen molar-refractivity contribution in [1.82, 2.24) is 0 Å². The average Bonchev–Trinajstić information content (AvgIpc) is 3.34. The van der Waals surface area contributed by atoms with Crippen molar-refractivity contribution >= 4 is 27.6 Å². The number of hydrogen-bond acceptors (Lipinski definition) is 2. The van der Waals surface area contributed by atoms with Crippen LogP contribution in [0.2, 0.25) is 0 Å². The van der Waals surface area contributed by atoms with E-state index < -0.39 is 0 Å². The maximum atomic E-state index is 5.82. The van der Waals surface area contributed by atoms with E-state index in [4.69, 9.17) is 5.73 Å². The van der Waals surface area contributed by atoms with Gasteiger partial charge >= 0.3 is 0 Å². The summed E-state index contributed by atoms with van der Waals surface area (Å²) in [5.41, 5.74) is 20.1. The van der Waals surface area contributed by atoms with Gasteiger partial charge in [-0.25, -0.2) is 0 Å². The molecule has 0 unspecified atom stereocenters. The molecule has 0 spiro atoms. The second-order valence-corrected chi connectivity index (χ2v) is 14.2. The minimum atomic E-state index is 0.744. The van der Waals surface area contributed by atoms with E-state index in [2.05, 4.69) is 214 Å². The lowest BCUT2D eigenvalue weighted by Crippen LogP contribution is -1.91. The number of aryl methyl sites for hydroxylation is 2. The molecule has 8 rings (SSSR count). The molecule has 4 N–H and O–H groups in total. The van der Waals surface area contributed by atoms with Crippen LogP contribution < -0.4 is 11.5 Å². The average molecular weight is 843 g/mol. The highest BCUT2D eigenvalue weighted by Crippen LogP contribution is 2.20. The van der Waals surface area contributed by atoms with Crippen molar-refractivity contribution in [3.8, 4) is 11.1 Å². The first-order chi connectivity index (χ1) is 31.4. The number of benzene rings is 7. The molecule has 0 radical (unpaired) electrons. The van der Waals surface area contributed by atoms with Crippen LogP contribution in [0.25, 0.3) is 38.7 Å². The van der Waals surface area contributed by atoms with Crippen molar-refractivity contribution in [2.45, 2.75) is 48.0 Å². The third kappa shape index (κ3) is 21.5. The van der Waals surface area contributed by atoms with E-state index in [0.717, 1.165) is 12.1 Å². The predicted molar refractivity (Wildman–Crippen MR) is 288 cm³/mol. The lowest BCUT2D eigenvalue weighted by Gasteiger charge is -2.01. The quantitative estimate of drug-likeness (QED) is 0.173. The maximum absolute atomic E-state index is 5.82. The summed E-state index contributed by atoms with van der Waals surface area (Å²) in [6.07, 6.45) is 26.8. The number of allylic oxidation sites excluding steroid dienone is 13. The van der Waals surface area contributed by atoms with Crippen LogP contribution in [0.5, 0.6) is 0 Å². The summed E-state index contributed by atoms with van der Waals surface area (Å²) in [6, 6.07) is 59.3. The van der Waals surface area contributed by atoms with Crippen molar-refractivity contribution in [3.63, 3.8) is 0 Å². The number of fused-ring (bicyclic) bond motifs is 2. The lowest BCUT2D eigenvalue weighted by molar-refractivity contribution is 1.20. The Morgan fingerprint density at radius 1 is 0.469 bits per heavy atom. The van der Waals surface area contributed by atoms with Crippen LogP contribution in [0.4, 0.5) is 0 Å². The minimum Gasteiger partial charge on any atom is -0.399 e. The number of hydrogen-bond donors (Lipinski definition) is 2. The zero-order valence-electron chi connectivity index (χ0n) is 39.2. The molecular weight excluding hydrogens is 773 g/mol. The molecule has 7 aromatic carbocycles. The molecule has 7 aromatic rings. The highest BCUT2D eigenvalue weighted by molar-refractivity contribution is 5.83. The van der Waals surface area contributed by atoms with Crippen molar-refractivity contribution in [3.05, 3.63) is 283 Å². The Labute approximate surface area is 386 Å². The Hall–Kier alpha value is -7.26. The molecule has 64 heavy (non-hydrogen) atoms. The summed E-state index contributed by atoms with van der Waals surface area (Å²) in [4.78, 5) is 0. The number of nitrogens with two attached hydrogens (primary N) is 2. The summed E-state index contributed by atoms with van der Waals surface area (Å²) < 4.78 is 0. The van der Waals surface area contributed by atoms with Gasteiger partial charge in [0.05, 0.1) is 0 Å². The second kappa shape index (κ2) is 33.4. The van der Waals surface area contributed by atoms with Crippen LogP contribution >= 0.6 is 0 Å². The Morgan fingerprint density at radius 3 is 1.42 bits per heavy atom. The van der Waals surface area contributed by atoms with Crippen LogP contribution in [0.3, 0.4) is 0 Å². The molecule has 0 fully saturated rings. The van der Waals surface area contributed by atoms with Gasteiger partial charge in [-0.1, -0.05) is 262 Å². The Morgan fingerprint density at radius 2 is 0.906 bits per heavy atom. The fourth-order valence-electron chi connectivity index (χ4n) is 6.11. The molecule has 2 heteroatoms. The van der Waals surface area contributed by atoms with Crippen molar-refractivity contribution in [2.24, 2.45) is 11.5 Å². The molecule has 0 atom stereocenters. The van der Waals surface area contributed by atoms with Crippen LogP contribution in [-0.2, 0) is 6.42 Å². The summed E-state index contributed by atoms with van der Waals surface area (Å²) in [5, 5.41) is 5.29. The monoisotopic (exact) mass is 843 g/mol. The summed E-state index contributed by atoms with van der Waals surface area (Å²) in [5.74, 6) is 0. The highest BCUT2D eigenvalue weighted by atomic mass is 14.5. The molecule has 0 amide bonds. The summed E-state index contributed by atoms with van der Waals surface area (Å²) in [6.45, 7) is 15.5. The maximum Gasteiger partial charge on any atom is 0.0313 e. The van der Waals surface area contributed by atoms with E-state index in [0.29, 0.717) is 0 Å². The van der Waals surface area contributed by atoms with Gasteiger partial charge in [0, 0.05) is 5.70 Å². The lowest BCUT2D eigenvalue weighted by atomic mass is 10.0. The van der Waals surface area contributed by atoms with Crippen molar-refractivity contribution in [1.29, 1.82) is 0 Å². The first-order valence-electron chi connectivity index (χ1n) is 22.1. The number of rotatable bonds is 4. The standard InChI is InChI=1S/C19H19N.C15H14.2C11H10.C3H6.C2H6.CH5N/c20-19-14-7-2-1-4-10-18(13-8-9-15-19)16-17-11-5-3-6-12-17;1-2-6-13-9-11-15(12-10-13)14-7-4-3-5-8-14;2*1-9-6-7-10-4-2-3-5-11(10)8-9;1-3-2;2*1-2/h1-15H,16,20H2;2-12H,1H3;2*2-8H,1H3;3H,1H2,2H3;1-2H3;2H2,1H3/b2-1?,4-1+,7-2+,9-8?,10-4?,13-8-,14-7?,15-9-,18-10+,18-13?,19-14+,19-15?;6-2+;;;;;. The minimum absolute atomic E-state index is 0.744. The van der Waals surface area contributed by atoms with Gasteiger partial charge in [0.1, 0.15) is 0 Å². The normalized spacial score (nSPS) is 14.8. The Bertz CT molecular complexity index is 2470. The van der Waals surface area contributed by atoms with Crippen molar-refractivity contribution < 1.29 is 0 Å². The zero-order chi connectivity index (χ0) is 46.6. The fraction of sp³-hybridized carbons (Fsp3) is 0.129. The molecule has 1 aliphatic rings. The van der Waals surface area contributed by atoms with E-state index in [9.17, 15) is 0 Å². The molecule has 1 aliphatic carbocycles. The van der Waals surface area contributed by atoms with Gasteiger partial charge < -0.3 is 11.5 Å². The predicted octanol–water partition coefficient (Wildman–Crippen LogP) is 16.7. The molecule has 0 bridgehead atoms. The molecule has 0 aliphatic heterocycles. The van der Waals surface area contributed by atoms with Gasteiger partial charge in [-0.2, -0.15) is 0 Å². The van der Waals surface area contributed by atoms with Crippen LogP contribution in [0.15, 0.2) is 261 Å². The molecule has 0 saturated heterocycles. The van der Waals surface area contributed by atoms with E-state index in [1.807, 2.05) is 82.4 Å². The SMILES string of the molecule is C/C=C/c1ccc(-c2ccccc2)cc1.C=CC.CC.CN.Cc1ccc2ccccc2c1.Cc1ccc2ccccc2c1.NC1=C/C=C/C=C/C=C(Cc2ccccc2)\C=C/C=C\1. The van der Waals surface area contributed by atoms with E-state index in [1.165, 1.54) is 67.5 Å². The second-order valence-electron chi connectivity index (χ2n) is 14.2. The highest BCUT2D eigenvalue weighted by Gasteiger charge is 1.96. The molecular formula is C62H70N2. The van der Waals surface area contributed by atoms with Crippen LogP contribution in [0.1, 0.15) is 49.9 Å². The van der Waals surface area contributed by atoms with E-state index >= 15 is 0 Å². The van der Waals surface area contributed by atoms with Gasteiger partial charge in [-0.3, -0.25) is 0 Å². The molecule has 328 valence electrons.